The average molecular weight is 452 g/mol. The van der Waals surface area contributed by atoms with Crippen molar-refractivity contribution < 1.29 is 17.6 Å². The van der Waals surface area contributed by atoms with Gasteiger partial charge in [0.05, 0.1) is 10.4 Å². The van der Waals surface area contributed by atoms with Crippen LogP contribution >= 0.6 is 0 Å². The van der Waals surface area contributed by atoms with Gasteiger partial charge in [-0.3, -0.25) is 9.36 Å². The molecule has 1 aromatic heterocycles. The van der Waals surface area contributed by atoms with E-state index in [1.54, 1.807) is 6.07 Å². The van der Waals surface area contributed by atoms with Gasteiger partial charge in [-0.05, 0) is 44.2 Å². The van der Waals surface area contributed by atoms with Crippen molar-refractivity contribution >= 4 is 27.0 Å². The molecule has 0 bridgehead atoms. The van der Waals surface area contributed by atoms with Gasteiger partial charge in [-0.2, -0.15) is 4.31 Å². The minimum Gasteiger partial charge on any atom is -0.408 e. The second-order valence-electron chi connectivity index (χ2n) is 8.80. The highest BCUT2D eigenvalue weighted by Gasteiger charge is 2.28. The number of benzene rings is 1. The Balaban J connectivity index is 1.64. The van der Waals surface area contributed by atoms with Gasteiger partial charge in [-0.15, -0.1) is 0 Å². The van der Waals surface area contributed by atoms with Gasteiger partial charge in [-0.1, -0.05) is 26.7 Å². The highest BCUT2D eigenvalue weighted by molar-refractivity contribution is 7.89. The predicted molar refractivity (Wildman–Crippen MR) is 119 cm³/mol. The van der Waals surface area contributed by atoms with Crippen LogP contribution < -0.4 is 11.1 Å². The maximum atomic E-state index is 12.7. The first-order valence-electron chi connectivity index (χ1n) is 11.1. The summed E-state index contributed by atoms with van der Waals surface area (Å²) in [5, 5.41) is 2.97. The number of nitrogens with one attached hydrogen (secondary N) is 1. The summed E-state index contributed by atoms with van der Waals surface area (Å²) in [6.07, 6.45) is 4.97. The molecule has 1 unspecified atom stereocenters. The maximum absolute atomic E-state index is 12.7. The molecule has 2 heterocycles. The molecule has 1 aliphatic heterocycles. The lowest BCUT2D eigenvalue weighted by Gasteiger charge is -2.15. The van der Waals surface area contributed by atoms with Crippen molar-refractivity contribution in [1.29, 1.82) is 0 Å². The minimum atomic E-state index is -3.59. The van der Waals surface area contributed by atoms with Crippen LogP contribution in [0.3, 0.4) is 0 Å². The molecule has 0 saturated carbocycles. The van der Waals surface area contributed by atoms with Gasteiger partial charge in [0.2, 0.25) is 15.9 Å². The van der Waals surface area contributed by atoms with Crippen molar-refractivity contribution in [3.63, 3.8) is 0 Å². The molecule has 1 aromatic carbocycles. The van der Waals surface area contributed by atoms with Crippen LogP contribution in [0.2, 0.25) is 0 Å². The van der Waals surface area contributed by atoms with Gasteiger partial charge < -0.3 is 9.73 Å². The fourth-order valence-corrected chi connectivity index (χ4v) is 5.49. The first kappa shape index (κ1) is 23.5. The molecule has 1 amide bonds. The molecule has 0 spiro atoms. The monoisotopic (exact) mass is 451 g/mol. The Kier molecular flexibility index (Phi) is 7.59. The summed E-state index contributed by atoms with van der Waals surface area (Å²) in [6.45, 7) is 7.54. The van der Waals surface area contributed by atoms with Gasteiger partial charge in [0.1, 0.15) is 0 Å². The van der Waals surface area contributed by atoms with Gasteiger partial charge in [0.15, 0.2) is 5.58 Å². The number of carbonyl (C=O) groups is 1. The van der Waals surface area contributed by atoms with E-state index < -0.39 is 15.8 Å². The van der Waals surface area contributed by atoms with Crippen LogP contribution in [0.25, 0.3) is 11.1 Å². The molecule has 0 radical (unpaired) electrons. The first-order valence-corrected chi connectivity index (χ1v) is 12.6. The Labute approximate surface area is 183 Å². The van der Waals surface area contributed by atoms with Crippen LogP contribution in [-0.4, -0.2) is 42.3 Å². The van der Waals surface area contributed by atoms with E-state index in [2.05, 4.69) is 19.2 Å². The number of hydrogen-bond donors (Lipinski definition) is 1. The van der Waals surface area contributed by atoms with E-state index in [0.29, 0.717) is 24.5 Å². The molecular formula is C22H33N3O5S. The van der Waals surface area contributed by atoms with E-state index in [4.69, 9.17) is 4.42 Å². The standard InChI is InChI=1S/C22H33N3O5S/c1-16(2)7-6-8-17(3)23-21(26)11-14-25-19-10-9-18(15-20(19)30-22(25)27)31(28,29)24-12-4-5-13-24/h9-10,15-17H,4-8,11-14H2,1-3H3,(H,23,26). The summed E-state index contributed by atoms with van der Waals surface area (Å²) in [5.41, 5.74) is 0.705. The molecule has 172 valence electrons. The van der Waals surface area contributed by atoms with Crippen LogP contribution in [-0.2, 0) is 21.4 Å². The molecule has 3 rings (SSSR count). The number of aromatic nitrogens is 1. The Hall–Kier alpha value is -2.13. The number of carbonyl (C=O) groups excluding carboxylic acids is 1. The first-order chi connectivity index (χ1) is 14.7. The van der Waals surface area contributed by atoms with Gasteiger partial charge in [-0.25, -0.2) is 13.2 Å². The molecule has 9 heteroatoms. The van der Waals surface area contributed by atoms with Crippen molar-refractivity contribution in [2.24, 2.45) is 5.92 Å². The molecule has 8 nitrogen and oxygen atoms in total. The van der Waals surface area contributed by atoms with Crippen molar-refractivity contribution in [3.8, 4) is 0 Å². The third-order valence-corrected chi connectivity index (χ3v) is 7.63. The van der Waals surface area contributed by atoms with Crippen molar-refractivity contribution in [2.45, 2.75) is 76.8 Å². The van der Waals surface area contributed by atoms with Crippen LogP contribution in [0.4, 0.5) is 0 Å². The number of fused-ring (bicyclic) bond motifs is 1. The van der Waals surface area contributed by atoms with E-state index in [1.807, 2.05) is 6.92 Å². The molecule has 2 aromatic rings. The van der Waals surface area contributed by atoms with E-state index in [-0.39, 0.29) is 35.4 Å². The number of oxazole rings is 1. The Bertz CT molecular complexity index is 1060. The Morgan fingerprint density at radius 2 is 1.87 bits per heavy atom. The summed E-state index contributed by atoms with van der Waals surface area (Å²) in [5.74, 6) is -0.0648. The van der Waals surface area contributed by atoms with E-state index >= 15 is 0 Å². The highest BCUT2D eigenvalue weighted by atomic mass is 32.2. The lowest BCUT2D eigenvalue weighted by Crippen LogP contribution is -2.33. The SMILES string of the molecule is CC(C)CCCC(C)NC(=O)CCn1c(=O)oc2cc(S(=O)(=O)N3CCCC3)ccc21. The zero-order valence-electron chi connectivity index (χ0n) is 18.6. The molecule has 0 aliphatic carbocycles. The predicted octanol–water partition coefficient (Wildman–Crippen LogP) is 3.10. The number of aryl methyl sites for hydroxylation is 1. The maximum Gasteiger partial charge on any atom is 0.419 e. The average Bonchev–Trinajstić information content (AvgIpc) is 3.33. The zero-order valence-corrected chi connectivity index (χ0v) is 19.4. The van der Waals surface area contributed by atoms with E-state index in [1.165, 1.54) is 21.0 Å². The van der Waals surface area contributed by atoms with Crippen molar-refractivity contribution in [3.05, 3.63) is 28.7 Å². The Morgan fingerprint density at radius 1 is 1.16 bits per heavy atom. The summed E-state index contributed by atoms with van der Waals surface area (Å²) < 4.78 is 33.6. The normalized spacial score (nSPS) is 16.3. The second kappa shape index (κ2) is 9.99. The lowest BCUT2D eigenvalue weighted by molar-refractivity contribution is -0.121. The largest absolute Gasteiger partial charge is 0.419 e. The zero-order chi connectivity index (χ0) is 22.6. The molecule has 1 saturated heterocycles. The minimum absolute atomic E-state index is 0.0856. The second-order valence-corrected chi connectivity index (χ2v) is 10.7. The van der Waals surface area contributed by atoms with Crippen LogP contribution in [0, 0.1) is 5.92 Å². The molecule has 1 fully saturated rings. The van der Waals surface area contributed by atoms with Crippen LogP contribution in [0.5, 0.6) is 0 Å². The summed E-state index contributed by atoms with van der Waals surface area (Å²) in [6, 6.07) is 4.56. The number of nitrogens with zero attached hydrogens (tertiary/aromatic N) is 2. The Morgan fingerprint density at radius 3 is 2.55 bits per heavy atom. The number of amides is 1. The van der Waals surface area contributed by atoms with Crippen LogP contribution in [0.1, 0.15) is 59.3 Å². The van der Waals surface area contributed by atoms with Crippen molar-refractivity contribution in [2.75, 3.05) is 13.1 Å². The number of rotatable bonds is 10. The van der Waals surface area contributed by atoms with Crippen molar-refractivity contribution in [1.82, 2.24) is 14.2 Å². The lowest BCUT2D eigenvalue weighted by atomic mass is 10.0. The summed E-state index contributed by atoms with van der Waals surface area (Å²) in [7, 11) is -3.59. The molecule has 31 heavy (non-hydrogen) atoms. The van der Waals surface area contributed by atoms with Gasteiger partial charge >= 0.3 is 5.76 Å². The highest BCUT2D eigenvalue weighted by Crippen LogP contribution is 2.24. The summed E-state index contributed by atoms with van der Waals surface area (Å²) in [4.78, 5) is 24.7. The third-order valence-electron chi connectivity index (χ3n) is 5.73. The third kappa shape index (κ3) is 5.77. The fourth-order valence-electron chi connectivity index (χ4n) is 3.96. The topological polar surface area (TPSA) is 102 Å². The smallest absolute Gasteiger partial charge is 0.408 e. The number of hydrogen-bond acceptors (Lipinski definition) is 5. The quantitative estimate of drug-likeness (QED) is 0.598. The molecule has 1 atom stereocenters. The molecule has 1 aliphatic rings. The fraction of sp³-hybridized carbons (Fsp3) is 0.636. The number of sulfonamides is 1. The van der Waals surface area contributed by atoms with Gasteiger partial charge in [0.25, 0.3) is 0 Å². The summed E-state index contributed by atoms with van der Waals surface area (Å²) >= 11 is 0. The van der Waals surface area contributed by atoms with E-state index in [9.17, 15) is 18.0 Å². The molecule has 1 N–H and O–H groups in total. The van der Waals surface area contributed by atoms with Crippen LogP contribution in [0.15, 0.2) is 32.3 Å². The van der Waals surface area contributed by atoms with E-state index in [0.717, 1.165) is 32.1 Å². The molecular weight excluding hydrogens is 418 g/mol. The van der Waals surface area contributed by atoms with Gasteiger partial charge in [0, 0.05) is 38.2 Å².